The molecule has 0 radical (unpaired) electrons. The van der Waals surface area contributed by atoms with Gasteiger partial charge in [-0.3, -0.25) is 19.4 Å². The number of hydrogen-bond donors (Lipinski definition) is 1. The van der Waals surface area contributed by atoms with E-state index in [9.17, 15) is 14.3 Å². The van der Waals surface area contributed by atoms with Gasteiger partial charge in [-0.1, -0.05) is 32.0 Å². The molecule has 1 saturated carbocycles. The Morgan fingerprint density at radius 2 is 1.78 bits per heavy atom. The van der Waals surface area contributed by atoms with Gasteiger partial charge in [0.25, 0.3) is 0 Å². The largest absolute Gasteiger partial charge is 0.480 e. The number of likely N-dealkylation sites (tertiary alicyclic amines) is 1. The van der Waals surface area contributed by atoms with Crippen molar-refractivity contribution in [3.8, 4) is 0 Å². The van der Waals surface area contributed by atoms with E-state index in [1.165, 1.54) is 17.3 Å². The highest BCUT2D eigenvalue weighted by Gasteiger charge is 2.42. The van der Waals surface area contributed by atoms with Crippen LogP contribution in [0, 0.1) is 17.7 Å². The summed E-state index contributed by atoms with van der Waals surface area (Å²) in [4.78, 5) is 21.0. The zero-order chi connectivity index (χ0) is 29.8. The molecule has 7 nitrogen and oxygen atoms in total. The van der Waals surface area contributed by atoms with E-state index < -0.39 is 12.0 Å². The van der Waals surface area contributed by atoms with Gasteiger partial charge in [0.2, 0.25) is 0 Å². The lowest BCUT2D eigenvalue weighted by Gasteiger charge is -2.35. The topological polar surface area (TPSA) is 74.5 Å². The molecule has 2 aliphatic rings. The maximum atomic E-state index is 14.3. The average Bonchev–Trinajstić information content (AvgIpc) is 3.58. The molecule has 5 rings (SSSR count). The van der Waals surface area contributed by atoms with Gasteiger partial charge in [-0.25, -0.2) is 4.39 Å². The Bertz CT molecular complexity index is 1340. The molecule has 3 aromatic rings. The van der Waals surface area contributed by atoms with Crippen molar-refractivity contribution in [2.75, 3.05) is 26.7 Å². The van der Waals surface area contributed by atoms with E-state index in [0.29, 0.717) is 11.8 Å². The van der Waals surface area contributed by atoms with E-state index in [-0.39, 0.29) is 73.3 Å². The fourth-order valence-electron chi connectivity index (χ4n) is 7.54. The minimum atomic E-state index is -0.768. The van der Waals surface area contributed by atoms with Gasteiger partial charge < -0.3 is 10.0 Å². The van der Waals surface area contributed by atoms with Crippen LogP contribution in [0.2, 0.25) is 0 Å². The van der Waals surface area contributed by atoms with Crippen LogP contribution in [0.25, 0.3) is 0 Å². The van der Waals surface area contributed by atoms with Gasteiger partial charge in [-0.05, 0) is 106 Å². The van der Waals surface area contributed by atoms with Crippen LogP contribution in [0.4, 0.5) is 4.39 Å². The van der Waals surface area contributed by atoms with Crippen LogP contribution in [0.3, 0.4) is 0 Å². The number of benzene rings is 1. The summed E-state index contributed by atoms with van der Waals surface area (Å²) < 4.78 is 16.5. The Morgan fingerprint density at radius 3 is 2.37 bits per heavy atom. The number of likely N-dealkylation sites (N-methyl/N-ethyl adjacent to an activating group) is 1. The van der Waals surface area contributed by atoms with E-state index in [1.54, 1.807) is 18.3 Å². The maximum Gasteiger partial charge on any atom is 0.321 e. The Balaban J connectivity index is 0.00000264. The number of nitrogens with zero attached hydrogens (tertiary/aromatic N) is 5. The van der Waals surface area contributed by atoms with Crippen LogP contribution in [0.15, 0.2) is 54.9 Å². The lowest BCUT2D eigenvalue weighted by atomic mass is 9.87. The van der Waals surface area contributed by atoms with E-state index >= 15 is 0 Å². The summed E-state index contributed by atoms with van der Waals surface area (Å²) in [7, 11) is 1.96. The molecule has 2 aromatic heterocycles. The standard InChI is InChI=1S/C34H46FN5O2.4ClH/c1-5-40-32(19-29(37-40)16-24-8-7-13-36-21-24)25-11-14-39(15-12-25)22-27-18-30(38(4)33(23(2)3)34(41)42)20-31(27)26-9-6-10-28(35)17-26;;;;/h6-10,13,17,19,21,23,25,27,30-31,33H,5,11-12,14-16,18,20,22H2,1-4H3,(H,41,42);4*1H/t27?,30?,31?,33-;;;;/m1..../s1. The summed E-state index contributed by atoms with van der Waals surface area (Å²) in [5, 5.41) is 14.9. The van der Waals surface area contributed by atoms with Crippen molar-refractivity contribution in [3.63, 3.8) is 0 Å². The fourth-order valence-corrected chi connectivity index (χ4v) is 7.54. The highest BCUT2D eigenvalue weighted by molar-refractivity contribution is 5.86. The van der Waals surface area contributed by atoms with Crippen LogP contribution >= 0.6 is 49.6 Å². The molecule has 0 spiro atoms. The molecule has 12 heteroatoms. The molecule has 0 bridgehead atoms. The number of carboxylic acid groups (broad SMARTS) is 1. The Kier molecular flexibility index (Phi) is 17.5. The second kappa shape index (κ2) is 19.2. The van der Waals surface area contributed by atoms with Crippen LogP contribution < -0.4 is 0 Å². The van der Waals surface area contributed by atoms with Crippen LogP contribution in [0.1, 0.15) is 80.8 Å². The predicted molar refractivity (Wildman–Crippen MR) is 192 cm³/mol. The smallest absolute Gasteiger partial charge is 0.321 e. The number of carboxylic acids is 1. The maximum absolute atomic E-state index is 14.3. The summed E-state index contributed by atoms with van der Waals surface area (Å²) in [5.74, 6) is 0.0913. The highest BCUT2D eigenvalue weighted by atomic mass is 35.5. The van der Waals surface area contributed by atoms with Gasteiger partial charge >= 0.3 is 5.97 Å². The fraction of sp³-hybridized carbons (Fsp3) is 0.559. The minimum absolute atomic E-state index is 0. The molecule has 3 heterocycles. The van der Waals surface area contributed by atoms with Crippen LogP contribution in [-0.2, 0) is 17.8 Å². The number of pyridine rings is 1. The first-order chi connectivity index (χ1) is 20.2. The lowest BCUT2D eigenvalue weighted by molar-refractivity contribution is -0.145. The van der Waals surface area contributed by atoms with Crippen molar-refractivity contribution in [1.82, 2.24) is 24.6 Å². The Hall–Kier alpha value is -1.94. The van der Waals surface area contributed by atoms with Gasteiger partial charge in [0.15, 0.2) is 0 Å². The molecule has 258 valence electrons. The van der Waals surface area contributed by atoms with E-state index in [1.807, 2.05) is 39.2 Å². The first-order valence-corrected chi connectivity index (χ1v) is 15.6. The summed E-state index contributed by atoms with van der Waals surface area (Å²) in [6, 6.07) is 13.0. The van der Waals surface area contributed by atoms with Gasteiger partial charge in [-0.15, -0.1) is 49.6 Å². The van der Waals surface area contributed by atoms with Crippen molar-refractivity contribution < 1.29 is 14.3 Å². The minimum Gasteiger partial charge on any atom is -0.480 e. The lowest BCUT2D eigenvalue weighted by Crippen LogP contribution is -2.47. The first kappa shape index (κ1) is 42.1. The quantitative estimate of drug-likeness (QED) is 0.221. The van der Waals surface area contributed by atoms with Crippen molar-refractivity contribution in [2.24, 2.45) is 11.8 Å². The second-order valence-electron chi connectivity index (χ2n) is 12.7. The normalized spacial score (nSPS) is 20.7. The summed E-state index contributed by atoms with van der Waals surface area (Å²) in [6.07, 6.45) is 8.47. The molecular weight excluding hydrogens is 671 g/mol. The molecule has 3 unspecified atom stereocenters. The number of hydrogen-bond acceptors (Lipinski definition) is 5. The molecule has 4 atom stereocenters. The number of piperidine rings is 1. The number of rotatable bonds is 11. The Labute approximate surface area is 298 Å². The second-order valence-corrected chi connectivity index (χ2v) is 12.7. The van der Waals surface area contributed by atoms with E-state index in [0.717, 1.165) is 69.5 Å². The van der Waals surface area contributed by atoms with Crippen LogP contribution in [-0.4, -0.2) is 74.4 Å². The molecule has 1 aromatic carbocycles. The number of aromatic nitrogens is 3. The van der Waals surface area contributed by atoms with Gasteiger partial charge in [0.1, 0.15) is 11.9 Å². The first-order valence-electron chi connectivity index (χ1n) is 15.6. The van der Waals surface area contributed by atoms with Gasteiger partial charge in [-0.2, -0.15) is 5.10 Å². The highest BCUT2D eigenvalue weighted by Crippen LogP contribution is 2.43. The molecule has 1 aliphatic heterocycles. The van der Waals surface area contributed by atoms with Crippen molar-refractivity contribution in [3.05, 3.63) is 83.2 Å². The summed E-state index contributed by atoms with van der Waals surface area (Å²) in [6.45, 7) is 9.97. The van der Waals surface area contributed by atoms with E-state index in [2.05, 4.69) is 38.5 Å². The summed E-state index contributed by atoms with van der Waals surface area (Å²) in [5.41, 5.74) is 4.65. The van der Waals surface area contributed by atoms with Crippen molar-refractivity contribution in [2.45, 2.75) is 83.3 Å². The molecule has 46 heavy (non-hydrogen) atoms. The van der Waals surface area contributed by atoms with Gasteiger partial charge in [0, 0.05) is 49.6 Å². The SMILES string of the molecule is CCn1nc(Cc2cccnc2)cc1C1CCN(CC2CC(N(C)[C@@H](C(=O)O)C(C)C)CC2c2cccc(F)c2)CC1.Cl.Cl.Cl.Cl. The number of aliphatic carboxylic acids is 1. The monoisotopic (exact) mass is 719 g/mol. The third-order valence-corrected chi connectivity index (χ3v) is 9.61. The third kappa shape index (κ3) is 10.0. The number of aryl methyl sites for hydroxylation is 1. The zero-order valence-corrected chi connectivity index (χ0v) is 30.4. The van der Waals surface area contributed by atoms with Crippen molar-refractivity contribution >= 4 is 55.6 Å². The molecule has 1 aliphatic carbocycles. The average molecular weight is 722 g/mol. The van der Waals surface area contributed by atoms with E-state index in [4.69, 9.17) is 5.10 Å². The number of carbonyl (C=O) groups is 1. The molecule has 0 amide bonds. The predicted octanol–water partition coefficient (Wildman–Crippen LogP) is 7.50. The zero-order valence-electron chi connectivity index (χ0n) is 27.1. The molecule has 2 fully saturated rings. The molecular formula is C34H50Cl4FN5O2. The Morgan fingerprint density at radius 1 is 1.07 bits per heavy atom. The number of halogens is 5. The molecule has 1 saturated heterocycles. The van der Waals surface area contributed by atoms with Crippen molar-refractivity contribution in [1.29, 1.82) is 0 Å². The van der Waals surface area contributed by atoms with Gasteiger partial charge in [0.05, 0.1) is 5.69 Å². The summed E-state index contributed by atoms with van der Waals surface area (Å²) >= 11 is 0. The molecule has 1 N–H and O–H groups in total. The third-order valence-electron chi connectivity index (χ3n) is 9.61. The van der Waals surface area contributed by atoms with Crippen LogP contribution in [0.5, 0.6) is 0 Å².